The predicted molar refractivity (Wildman–Crippen MR) is 69.8 cm³/mol. The van der Waals surface area contributed by atoms with E-state index in [1.165, 1.54) is 6.33 Å². The monoisotopic (exact) mass is 261 g/mol. The van der Waals surface area contributed by atoms with E-state index in [1.54, 1.807) is 42.1 Å². The first-order valence-electron chi connectivity index (χ1n) is 5.76. The van der Waals surface area contributed by atoms with Gasteiger partial charge in [-0.2, -0.15) is 0 Å². The van der Waals surface area contributed by atoms with E-state index in [2.05, 4.69) is 10.3 Å². The second kappa shape index (κ2) is 6.01. The van der Waals surface area contributed by atoms with Gasteiger partial charge in [-0.1, -0.05) is 6.07 Å². The largest absolute Gasteiger partial charge is 0.497 e. The van der Waals surface area contributed by atoms with Crippen molar-refractivity contribution in [3.8, 4) is 5.75 Å². The average molecular weight is 261 g/mol. The van der Waals surface area contributed by atoms with Crippen molar-refractivity contribution >= 4 is 11.6 Å². The fourth-order valence-electron chi connectivity index (χ4n) is 1.64. The molecule has 0 unspecified atom stereocenters. The highest BCUT2D eigenvalue weighted by molar-refractivity contribution is 5.90. The van der Waals surface area contributed by atoms with Gasteiger partial charge in [-0.15, -0.1) is 0 Å². The van der Waals surface area contributed by atoms with Gasteiger partial charge in [0.15, 0.2) is 0 Å². The number of carbonyl (C=O) groups excluding carboxylic acids is 1. The van der Waals surface area contributed by atoms with Crippen molar-refractivity contribution < 1.29 is 14.6 Å². The zero-order valence-corrected chi connectivity index (χ0v) is 10.5. The van der Waals surface area contributed by atoms with Crippen molar-refractivity contribution in [1.29, 1.82) is 0 Å². The molecule has 6 nitrogen and oxygen atoms in total. The molecular weight excluding hydrogens is 246 g/mol. The number of nitrogens with zero attached hydrogens (tertiary/aromatic N) is 2. The number of imidazole rings is 1. The fourth-order valence-corrected chi connectivity index (χ4v) is 1.64. The minimum atomic E-state index is -0.171. The number of anilines is 1. The molecule has 1 aromatic heterocycles. The molecule has 2 rings (SSSR count). The lowest BCUT2D eigenvalue weighted by molar-refractivity contribution is -0.116. The summed E-state index contributed by atoms with van der Waals surface area (Å²) in [6.07, 6.45) is 3.14. The molecule has 0 aliphatic carbocycles. The van der Waals surface area contributed by atoms with Gasteiger partial charge >= 0.3 is 0 Å². The second-order valence-corrected chi connectivity index (χ2v) is 3.98. The number of nitrogens with one attached hydrogen (secondary N) is 1. The number of benzene rings is 1. The fraction of sp³-hybridized carbons (Fsp3) is 0.231. The maximum Gasteiger partial charge on any atom is 0.244 e. The van der Waals surface area contributed by atoms with Gasteiger partial charge < -0.3 is 19.7 Å². The molecule has 0 aliphatic rings. The number of aliphatic hydroxyl groups is 1. The highest BCUT2D eigenvalue weighted by atomic mass is 16.5. The van der Waals surface area contributed by atoms with Gasteiger partial charge in [0, 0.05) is 18.0 Å². The van der Waals surface area contributed by atoms with Crippen LogP contribution in [0.4, 0.5) is 5.69 Å². The van der Waals surface area contributed by atoms with Gasteiger partial charge in [-0.3, -0.25) is 4.79 Å². The Hall–Kier alpha value is -2.34. The van der Waals surface area contributed by atoms with Crippen LogP contribution in [0.1, 0.15) is 5.69 Å². The number of aromatic nitrogens is 2. The molecule has 0 spiro atoms. The molecule has 0 saturated heterocycles. The summed E-state index contributed by atoms with van der Waals surface area (Å²) in [6.45, 7) is 0.00864. The number of carbonyl (C=O) groups is 1. The molecule has 0 aliphatic heterocycles. The summed E-state index contributed by atoms with van der Waals surface area (Å²) in [4.78, 5) is 15.8. The van der Waals surface area contributed by atoms with Gasteiger partial charge in [0.2, 0.25) is 5.91 Å². The first-order chi connectivity index (χ1) is 9.21. The number of amides is 1. The second-order valence-electron chi connectivity index (χ2n) is 3.98. The number of aliphatic hydroxyl groups excluding tert-OH is 1. The predicted octanol–water partition coefficient (Wildman–Crippen LogP) is 1.02. The van der Waals surface area contributed by atoms with Crippen LogP contribution in [0.3, 0.4) is 0 Å². The van der Waals surface area contributed by atoms with Crippen LogP contribution in [-0.2, 0) is 17.9 Å². The smallest absolute Gasteiger partial charge is 0.244 e. The summed E-state index contributed by atoms with van der Waals surface area (Å²) in [5.41, 5.74) is 1.21. The average Bonchev–Trinajstić information content (AvgIpc) is 2.86. The van der Waals surface area contributed by atoms with Gasteiger partial charge in [-0.05, 0) is 12.1 Å². The van der Waals surface area contributed by atoms with Gasteiger partial charge in [0.05, 0.1) is 25.7 Å². The highest BCUT2D eigenvalue weighted by Gasteiger charge is 2.05. The van der Waals surface area contributed by atoms with Crippen LogP contribution in [0.25, 0.3) is 0 Å². The zero-order valence-electron chi connectivity index (χ0n) is 10.5. The Morgan fingerprint density at radius 1 is 1.53 bits per heavy atom. The van der Waals surface area contributed by atoms with Gasteiger partial charge in [0.25, 0.3) is 0 Å². The molecule has 2 N–H and O–H groups in total. The zero-order chi connectivity index (χ0) is 13.7. The Morgan fingerprint density at radius 2 is 2.37 bits per heavy atom. The van der Waals surface area contributed by atoms with E-state index in [4.69, 9.17) is 9.84 Å². The lowest BCUT2D eigenvalue weighted by Gasteiger charge is -2.07. The molecule has 100 valence electrons. The van der Waals surface area contributed by atoms with Crippen LogP contribution in [0.5, 0.6) is 5.75 Å². The minimum absolute atomic E-state index is 0.134. The number of methoxy groups -OCH3 is 1. The van der Waals surface area contributed by atoms with E-state index < -0.39 is 0 Å². The first-order valence-corrected chi connectivity index (χ1v) is 5.76. The molecule has 1 heterocycles. The number of ether oxygens (including phenoxy) is 1. The first kappa shape index (κ1) is 13.1. The Labute approximate surface area is 110 Å². The number of rotatable bonds is 5. The maximum atomic E-state index is 11.8. The summed E-state index contributed by atoms with van der Waals surface area (Å²) >= 11 is 0. The molecule has 1 amide bonds. The van der Waals surface area contributed by atoms with Crippen LogP contribution in [0.2, 0.25) is 0 Å². The molecular formula is C13H15N3O3. The van der Waals surface area contributed by atoms with Gasteiger partial charge in [0.1, 0.15) is 12.3 Å². The Balaban J connectivity index is 1.96. The quantitative estimate of drug-likeness (QED) is 0.842. The summed E-state index contributed by atoms with van der Waals surface area (Å²) in [6, 6.07) is 7.13. The van der Waals surface area contributed by atoms with E-state index in [9.17, 15) is 4.79 Å². The van der Waals surface area contributed by atoms with Crippen molar-refractivity contribution in [3.05, 3.63) is 42.5 Å². The summed E-state index contributed by atoms with van der Waals surface area (Å²) in [5, 5.41) is 11.6. The Morgan fingerprint density at radius 3 is 3.05 bits per heavy atom. The third-order valence-corrected chi connectivity index (χ3v) is 2.53. The van der Waals surface area contributed by atoms with Crippen molar-refractivity contribution in [3.63, 3.8) is 0 Å². The molecule has 19 heavy (non-hydrogen) atoms. The minimum Gasteiger partial charge on any atom is -0.497 e. The molecule has 0 saturated carbocycles. The van der Waals surface area contributed by atoms with Crippen LogP contribution < -0.4 is 10.1 Å². The SMILES string of the molecule is COc1cccc(NC(=O)Cn2cnc(CO)c2)c1. The van der Waals surface area contributed by atoms with Crippen LogP contribution in [-0.4, -0.2) is 27.7 Å². The summed E-state index contributed by atoms with van der Waals surface area (Å²) in [7, 11) is 1.57. The van der Waals surface area contributed by atoms with Crippen molar-refractivity contribution in [2.75, 3.05) is 12.4 Å². The van der Waals surface area contributed by atoms with E-state index in [1.807, 2.05) is 0 Å². The lowest BCUT2D eigenvalue weighted by Crippen LogP contribution is -2.17. The van der Waals surface area contributed by atoms with Crippen LogP contribution >= 0.6 is 0 Å². The van der Waals surface area contributed by atoms with Crippen molar-refractivity contribution in [1.82, 2.24) is 9.55 Å². The standard InChI is InChI=1S/C13H15N3O3/c1-19-12-4-2-3-10(5-12)15-13(18)7-16-6-11(8-17)14-9-16/h2-6,9,17H,7-8H2,1H3,(H,15,18). The van der Waals surface area contributed by atoms with Crippen molar-refractivity contribution in [2.45, 2.75) is 13.2 Å². The normalized spacial score (nSPS) is 10.2. The van der Waals surface area contributed by atoms with Crippen molar-refractivity contribution in [2.24, 2.45) is 0 Å². The van der Waals surface area contributed by atoms with E-state index in [0.29, 0.717) is 17.1 Å². The number of hydrogen-bond donors (Lipinski definition) is 2. The third-order valence-electron chi connectivity index (χ3n) is 2.53. The molecule has 0 fully saturated rings. The summed E-state index contributed by atoms with van der Waals surface area (Å²) < 4.78 is 6.69. The molecule has 0 atom stereocenters. The topological polar surface area (TPSA) is 76.4 Å². The molecule has 0 bridgehead atoms. The van der Waals surface area contributed by atoms with Crippen LogP contribution in [0, 0.1) is 0 Å². The lowest BCUT2D eigenvalue weighted by atomic mass is 10.3. The van der Waals surface area contributed by atoms with E-state index >= 15 is 0 Å². The maximum absolute atomic E-state index is 11.8. The van der Waals surface area contributed by atoms with Gasteiger partial charge in [-0.25, -0.2) is 4.98 Å². The highest BCUT2D eigenvalue weighted by Crippen LogP contribution is 2.16. The Kier molecular flexibility index (Phi) is 4.15. The molecule has 6 heteroatoms. The molecule has 2 aromatic rings. The van der Waals surface area contributed by atoms with Crippen LogP contribution in [0.15, 0.2) is 36.8 Å². The summed E-state index contributed by atoms with van der Waals surface area (Å²) in [5.74, 6) is 0.512. The Bertz CT molecular complexity index is 566. The van der Waals surface area contributed by atoms with E-state index in [0.717, 1.165) is 0 Å². The third kappa shape index (κ3) is 3.56. The molecule has 1 aromatic carbocycles. The van der Waals surface area contributed by atoms with E-state index in [-0.39, 0.29) is 19.1 Å². The molecule has 0 radical (unpaired) electrons. The number of hydrogen-bond acceptors (Lipinski definition) is 4.